The fraction of sp³-hybridized carbons (Fsp3) is 0.333. The van der Waals surface area contributed by atoms with Gasteiger partial charge in [0.2, 0.25) is 0 Å². The number of hydrogen-bond donors (Lipinski definition) is 1. The minimum Gasteiger partial charge on any atom is -0.493 e. The summed E-state index contributed by atoms with van der Waals surface area (Å²) in [7, 11) is 1.49. The van der Waals surface area contributed by atoms with Gasteiger partial charge in [-0.15, -0.1) is 0 Å². The zero-order valence-electron chi connectivity index (χ0n) is 7.98. The summed E-state index contributed by atoms with van der Waals surface area (Å²) in [5.74, 6) is -1.15. The van der Waals surface area contributed by atoms with Gasteiger partial charge in [0.1, 0.15) is 5.75 Å². The van der Waals surface area contributed by atoms with Crippen LogP contribution in [0.1, 0.15) is 17.3 Å². The van der Waals surface area contributed by atoms with E-state index in [2.05, 4.69) is 0 Å². The van der Waals surface area contributed by atoms with Crippen molar-refractivity contribution in [2.24, 2.45) is 7.05 Å². The fourth-order valence-electron chi connectivity index (χ4n) is 1.08. The number of hydrogen-bond acceptors (Lipinski definition) is 3. The van der Waals surface area contributed by atoms with E-state index in [1.165, 1.54) is 23.9 Å². The molecule has 0 atom stereocenters. The van der Waals surface area contributed by atoms with Gasteiger partial charge in [-0.25, -0.2) is 4.79 Å². The van der Waals surface area contributed by atoms with Gasteiger partial charge in [0.05, 0.1) is 6.61 Å². The zero-order valence-corrected chi connectivity index (χ0v) is 7.98. The highest BCUT2D eigenvalue weighted by atomic mass is 16.5. The Bertz CT molecular complexity index is 408. The van der Waals surface area contributed by atoms with Gasteiger partial charge in [-0.05, 0) is 13.0 Å². The first kappa shape index (κ1) is 10.3. The van der Waals surface area contributed by atoms with Crippen molar-refractivity contribution in [3.8, 4) is 5.75 Å². The summed E-state index contributed by atoms with van der Waals surface area (Å²) >= 11 is 0. The van der Waals surface area contributed by atoms with Crippen molar-refractivity contribution in [2.45, 2.75) is 6.92 Å². The highest BCUT2D eigenvalue weighted by molar-refractivity contribution is 5.90. The van der Waals surface area contributed by atoms with E-state index in [0.717, 1.165) is 0 Å². The fourth-order valence-corrected chi connectivity index (χ4v) is 1.08. The van der Waals surface area contributed by atoms with Crippen molar-refractivity contribution in [1.82, 2.24) is 4.57 Å². The van der Waals surface area contributed by atoms with Crippen LogP contribution in [0.2, 0.25) is 0 Å². The molecule has 0 amide bonds. The number of aromatic nitrogens is 1. The molecule has 1 aromatic heterocycles. The summed E-state index contributed by atoms with van der Waals surface area (Å²) < 4.78 is 6.24. The molecule has 1 heterocycles. The molecule has 0 aliphatic heterocycles. The zero-order chi connectivity index (χ0) is 10.7. The minimum atomic E-state index is -1.27. The summed E-state index contributed by atoms with van der Waals surface area (Å²) in [5.41, 5.74) is -0.889. The lowest BCUT2D eigenvalue weighted by Crippen LogP contribution is -2.24. The van der Waals surface area contributed by atoms with E-state index in [-0.39, 0.29) is 11.3 Å². The van der Waals surface area contributed by atoms with Crippen molar-refractivity contribution >= 4 is 5.97 Å². The van der Waals surface area contributed by atoms with Crippen LogP contribution in [0.15, 0.2) is 17.1 Å². The second-order valence-electron chi connectivity index (χ2n) is 2.71. The standard InChI is InChI=1S/C9H11NO4/c1-3-14-6-4-5-10(2)8(11)7(6)9(12)13/h4-5H,3H2,1-2H3,(H,12,13). The van der Waals surface area contributed by atoms with Crippen LogP contribution in [0.4, 0.5) is 0 Å². The maximum atomic E-state index is 11.4. The number of carboxylic acid groups (broad SMARTS) is 1. The molecule has 0 saturated heterocycles. The van der Waals surface area contributed by atoms with Gasteiger partial charge in [-0.3, -0.25) is 4.79 Å². The highest BCUT2D eigenvalue weighted by Gasteiger charge is 2.16. The molecule has 14 heavy (non-hydrogen) atoms. The van der Waals surface area contributed by atoms with Gasteiger partial charge in [-0.2, -0.15) is 0 Å². The van der Waals surface area contributed by atoms with Crippen LogP contribution in [-0.4, -0.2) is 22.2 Å². The molecule has 0 aliphatic rings. The van der Waals surface area contributed by atoms with Crippen molar-refractivity contribution in [1.29, 1.82) is 0 Å². The summed E-state index contributed by atoms with van der Waals surface area (Å²) in [6, 6.07) is 1.47. The van der Waals surface area contributed by atoms with Crippen LogP contribution < -0.4 is 10.3 Å². The summed E-state index contributed by atoms with van der Waals surface area (Å²) in [6.07, 6.45) is 1.47. The second-order valence-corrected chi connectivity index (χ2v) is 2.71. The largest absolute Gasteiger partial charge is 0.493 e. The third-order valence-electron chi connectivity index (χ3n) is 1.74. The lowest BCUT2D eigenvalue weighted by molar-refractivity contribution is 0.0689. The van der Waals surface area contributed by atoms with Crippen LogP contribution in [0.5, 0.6) is 5.75 Å². The molecule has 0 radical (unpaired) electrons. The molecule has 1 aromatic rings. The Balaban J connectivity index is 3.38. The average molecular weight is 197 g/mol. The Morgan fingerprint density at radius 1 is 1.64 bits per heavy atom. The van der Waals surface area contributed by atoms with E-state index in [9.17, 15) is 9.59 Å². The van der Waals surface area contributed by atoms with E-state index in [4.69, 9.17) is 9.84 Å². The molecule has 0 aliphatic carbocycles. The number of pyridine rings is 1. The molecule has 0 fully saturated rings. The van der Waals surface area contributed by atoms with Crippen LogP contribution in [0, 0.1) is 0 Å². The smallest absolute Gasteiger partial charge is 0.345 e. The third-order valence-corrected chi connectivity index (χ3v) is 1.74. The van der Waals surface area contributed by atoms with Crippen LogP contribution in [0.3, 0.4) is 0 Å². The van der Waals surface area contributed by atoms with E-state index < -0.39 is 11.5 Å². The number of carbonyl (C=O) groups is 1. The molecule has 0 unspecified atom stereocenters. The molecular formula is C9H11NO4. The molecule has 76 valence electrons. The molecule has 1 N–H and O–H groups in total. The Morgan fingerprint density at radius 3 is 2.79 bits per heavy atom. The normalized spacial score (nSPS) is 9.86. The van der Waals surface area contributed by atoms with E-state index >= 15 is 0 Å². The SMILES string of the molecule is CCOc1ccn(C)c(=O)c1C(=O)O. The second kappa shape index (κ2) is 3.95. The summed E-state index contributed by atoms with van der Waals surface area (Å²) in [4.78, 5) is 22.2. The molecule has 0 spiro atoms. The van der Waals surface area contributed by atoms with Crippen molar-refractivity contribution in [3.63, 3.8) is 0 Å². The van der Waals surface area contributed by atoms with E-state index in [1.54, 1.807) is 6.92 Å². The number of ether oxygens (including phenoxy) is 1. The number of carboxylic acids is 1. The number of nitrogens with zero attached hydrogens (tertiary/aromatic N) is 1. The molecule has 0 bridgehead atoms. The van der Waals surface area contributed by atoms with Gasteiger partial charge in [0, 0.05) is 13.2 Å². The highest BCUT2D eigenvalue weighted by Crippen LogP contribution is 2.13. The predicted molar refractivity (Wildman–Crippen MR) is 49.8 cm³/mol. The number of aryl methyl sites for hydroxylation is 1. The predicted octanol–water partition coefficient (Wildman–Crippen LogP) is 0.482. The monoisotopic (exact) mass is 197 g/mol. The van der Waals surface area contributed by atoms with Gasteiger partial charge in [-0.1, -0.05) is 0 Å². The topological polar surface area (TPSA) is 68.5 Å². The molecule has 0 saturated carbocycles. The first-order valence-electron chi connectivity index (χ1n) is 4.13. The Hall–Kier alpha value is -1.78. The maximum Gasteiger partial charge on any atom is 0.345 e. The van der Waals surface area contributed by atoms with Crippen molar-refractivity contribution in [3.05, 3.63) is 28.2 Å². The van der Waals surface area contributed by atoms with Gasteiger partial charge in [0.25, 0.3) is 5.56 Å². The lowest BCUT2D eigenvalue weighted by atomic mass is 10.2. The first-order chi connectivity index (χ1) is 6.57. The maximum absolute atomic E-state index is 11.4. The third kappa shape index (κ3) is 1.76. The van der Waals surface area contributed by atoms with Crippen LogP contribution >= 0.6 is 0 Å². The number of aromatic carboxylic acids is 1. The van der Waals surface area contributed by atoms with Gasteiger partial charge >= 0.3 is 5.97 Å². The van der Waals surface area contributed by atoms with Gasteiger partial charge < -0.3 is 14.4 Å². The van der Waals surface area contributed by atoms with E-state index in [0.29, 0.717) is 6.61 Å². The van der Waals surface area contributed by atoms with Crippen molar-refractivity contribution in [2.75, 3.05) is 6.61 Å². The quantitative estimate of drug-likeness (QED) is 0.765. The van der Waals surface area contributed by atoms with Crippen LogP contribution in [0.25, 0.3) is 0 Å². The average Bonchev–Trinajstić information content (AvgIpc) is 2.11. The molecular weight excluding hydrogens is 186 g/mol. The Morgan fingerprint density at radius 2 is 2.29 bits per heavy atom. The summed E-state index contributed by atoms with van der Waals surface area (Å²) in [6.45, 7) is 2.05. The molecule has 0 aromatic carbocycles. The summed E-state index contributed by atoms with van der Waals surface area (Å²) in [5, 5.41) is 8.80. The van der Waals surface area contributed by atoms with Crippen LogP contribution in [-0.2, 0) is 7.05 Å². The first-order valence-corrected chi connectivity index (χ1v) is 4.13. The molecule has 5 heteroatoms. The number of rotatable bonds is 3. The molecule has 1 rings (SSSR count). The Labute approximate surface area is 80.6 Å². The Kier molecular flexibility index (Phi) is 2.91. The molecule has 5 nitrogen and oxygen atoms in total. The van der Waals surface area contributed by atoms with Gasteiger partial charge in [0.15, 0.2) is 5.56 Å². The van der Waals surface area contributed by atoms with Crippen molar-refractivity contribution < 1.29 is 14.6 Å². The lowest BCUT2D eigenvalue weighted by Gasteiger charge is -2.07. The minimum absolute atomic E-state index is 0.114. The van der Waals surface area contributed by atoms with E-state index in [1.807, 2.05) is 0 Å².